The molecule has 24 heavy (non-hydrogen) atoms. The fourth-order valence-corrected chi connectivity index (χ4v) is 4.99. The first-order valence-electron chi connectivity index (χ1n) is 8.76. The van der Waals surface area contributed by atoms with Gasteiger partial charge in [-0.3, -0.25) is 0 Å². The van der Waals surface area contributed by atoms with Crippen molar-refractivity contribution < 1.29 is 0 Å². The number of benzene rings is 2. The molecule has 0 amide bonds. The van der Waals surface area contributed by atoms with Crippen molar-refractivity contribution in [2.75, 3.05) is 24.6 Å². The monoisotopic (exact) mass is 358 g/mol. The van der Waals surface area contributed by atoms with E-state index in [1.165, 1.54) is 38.8 Å². The lowest BCUT2D eigenvalue weighted by Gasteiger charge is -2.13. The van der Waals surface area contributed by atoms with E-state index in [4.69, 9.17) is 0 Å². The van der Waals surface area contributed by atoms with Crippen molar-refractivity contribution in [1.29, 1.82) is 0 Å². The lowest BCUT2D eigenvalue weighted by atomic mass is 10.2. The Kier molecular flexibility index (Phi) is 7.55. The summed E-state index contributed by atoms with van der Waals surface area (Å²) in [6.45, 7) is 4.06. The fraction of sp³-hybridized carbons (Fsp3) is 0.400. The van der Waals surface area contributed by atoms with Gasteiger partial charge in [-0.1, -0.05) is 36.4 Å². The van der Waals surface area contributed by atoms with Crippen LogP contribution < -0.4 is 10.6 Å². The first kappa shape index (κ1) is 17.9. The van der Waals surface area contributed by atoms with E-state index in [1.807, 2.05) is 23.5 Å². The van der Waals surface area contributed by atoms with Gasteiger partial charge in [0.2, 0.25) is 0 Å². The van der Waals surface area contributed by atoms with Gasteiger partial charge in [0.1, 0.15) is 0 Å². The van der Waals surface area contributed by atoms with Crippen LogP contribution in [0.1, 0.15) is 24.0 Å². The number of rotatable bonds is 0. The van der Waals surface area contributed by atoms with Gasteiger partial charge in [-0.25, -0.2) is 0 Å². The average Bonchev–Trinajstić information content (AvgIpc) is 2.62. The van der Waals surface area contributed by atoms with E-state index in [0.29, 0.717) is 0 Å². The molecule has 2 N–H and O–H groups in total. The molecule has 0 bridgehead atoms. The van der Waals surface area contributed by atoms with Crippen LogP contribution in [0.2, 0.25) is 0 Å². The van der Waals surface area contributed by atoms with Crippen LogP contribution in [0.5, 0.6) is 0 Å². The summed E-state index contributed by atoms with van der Waals surface area (Å²) in [4.78, 5) is 2.86. The second-order valence-corrected chi connectivity index (χ2v) is 8.25. The minimum absolute atomic E-state index is 0.973. The molecule has 1 aliphatic rings. The van der Waals surface area contributed by atoms with E-state index < -0.39 is 0 Å². The van der Waals surface area contributed by atoms with Crippen LogP contribution in [0.4, 0.5) is 0 Å². The average molecular weight is 359 g/mol. The number of hydrogen-bond acceptors (Lipinski definition) is 4. The summed E-state index contributed by atoms with van der Waals surface area (Å²) in [5, 5.41) is 7.17. The first-order valence-corrected chi connectivity index (χ1v) is 10.7. The molecule has 0 radical (unpaired) electrons. The molecule has 1 aliphatic heterocycles. The molecule has 0 atom stereocenters. The molecule has 2 nitrogen and oxygen atoms in total. The van der Waals surface area contributed by atoms with E-state index in [1.54, 1.807) is 0 Å². The van der Waals surface area contributed by atoms with Crippen LogP contribution in [-0.4, -0.2) is 24.6 Å². The molecule has 4 heteroatoms. The minimum atomic E-state index is 0.973. The van der Waals surface area contributed by atoms with Gasteiger partial charge in [0.15, 0.2) is 0 Å². The zero-order valence-corrected chi connectivity index (χ0v) is 15.7. The van der Waals surface area contributed by atoms with Crippen LogP contribution >= 0.6 is 23.5 Å². The molecule has 0 aliphatic carbocycles. The Hall–Kier alpha value is -0.940. The molecule has 2 aromatic rings. The molecule has 0 saturated heterocycles. The van der Waals surface area contributed by atoms with Crippen molar-refractivity contribution in [3.05, 3.63) is 59.7 Å². The minimum Gasteiger partial charge on any atom is -0.313 e. The molecule has 0 aromatic heterocycles. The van der Waals surface area contributed by atoms with Crippen molar-refractivity contribution in [2.45, 2.75) is 35.7 Å². The van der Waals surface area contributed by atoms with Crippen molar-refractivity contribution in [3.63, 3.8) is 0 Å². The second-order valence-electron chi connectivity index (χ2n) is 5.97. The predicted octanol–water partition coefficient (Wildman–Crippen LogP) is 4.54. The van der Waals surface area contributed by atoms with Crippen molar-refractivity contribution >= 4 is 23.5 Å². The Morgan fingerprint density at radius 1 is 0.625 bits per heavy atom. The van der Waals surface area contributed by atoms with Gasteiger partial charge in [-0.15, -0.1) is 23.5 Å². The Morgan fingerprint density at radius 2 is 1.12 bits per heavy atom. The third-order valence-corrected chi connectivity index (χ3v) is 6.49. The SMILES string of the molecule is c1ccc2c(c1)CNCCCNCc1ccccc1SCCCS2. The molecule has 128 valence electrons. The van der Waals surface area contributed by atoms with Crippen LogP contribution in [0, 0.1) is 0 Å². The molecular formula is C20H26N2S2. The lowest BCUT2D eigenvalue weighted by molar-refractivity contribution is 0.591. The van der Waals surface area contributed by atoms with Crippen LogP contribution in [0.25, 0.3) is 0 Å². The number of nitrogens with one attached hydrogen (secondary N) is 2. The predicted molar refractivity (Wildman–Crippen MR) is 107 cm³/mol. The smallest absolute Gasteiger partial charge is 0.0216 e. The molecule has 1 heterocycles. The number of thioether (sulfide) groups is 2. The quantitative estimate of drug-likeness (QED) is 0.722. The van der Waals surface area contributed by atoms with E-state index in [-0.39, 0.29) is 0 Å². The van der Waals surface area contributed by atoms with Gasteiger partial charge in [-0.05, 0) is 60.7 Å². The lowest BCUT2D eigenvalue weighted by Crippen LogP contribution is -2.22. The first-order chi connectivity index (χ1) is 11.9. The van der Waals surface area contributed by atoms with Gasteiger partial charge in [0, 0.05) is 22.9 Å². The Morgan fingerprint density at radius 3 is 1.67 bits per heavy atom. The summed E-state index contributed by atoms with van der Waals surface area (Å²) < 4.78 is 0. The van der Waals surface area contributed by atoms with Crippen molar-refractivity contribution in [3.8, 4) is 0 Å². The third kappa shape index (κ3) is 5.55. The molecule has 2 aromatic carbocycles. The largest absolute Gasteiger partial charge is 0.313 e. The van der Waals surface area contributed by atoms with Crippen molar-refractivity contribution in [2.24, 2.45) is 0 Å². The van der Waals surface area contributed by atoms with Crippen LogP contribution in [0.15, 0.2) is 58.3 Å². The Bertz CT molecular complexity index is 577. The maximum Gasteiger partial charge on any atom is 0.0216 e. The van der Waals surface area contributed by atoms with Crippen LogP contribution in [0.3, 0.4) is 0 Å². The normalized spacial score (nSPS) is 17.7. The van der Waals surface area contributed by atoms with E-state index in [9.17, 15) is 0 Å². The summed E-state index contributed by atoms with van der Waals surface area (Å²) in [6.07, 6.45) is 2.39. The second kappa shape index (κ2) is 10.1. The summed E-state index contributed by atoms with van der Waals surface area (Å²) >= 11 is 4.00. The zero-order chi connectivity index (χ0) is 16.5. The maximum absolute atomic E-state index is 3.59. The van der Waals surface area contributed by atoms with E-state index in [2.05, 4.69) is 59.2 Å². The zero-order valence-electron chi connectivity index (χ0n) is 14.1. The molecule has 0 spiro atoms. The highest BCUT2D eigenvalue weighted by Gasteiger charge is 2.05. The van der Waals surface area contributed by atoms with Gasteiger partial charge in [0.05, 0.1) is 0 Å². The molecule has 3 rings (SSSR count). The number of fused-ring (bicyclic) bond motifs is 2. The summed E-state index contributed by atoms with van der Waals surface area (Å²) in [5.74, 6) is 2.37. The standard InChI is InChI=1S/C20H26N2S2/c1-3-9-19-17(7-1)15-21-11-5-12-22-16-18-8-2-4-10-20(18)24-14-6-13-23-19/h1-4,7-10,21-22H,5-6,11-16H2. The Labute approximate surface area is 154 Å². The van der Waals surface area contributed by atoms with Crippen LogP contribution in [-0.2, 0) is 13.1 Å². The van der Waals surface area contributed by atoms with E-state index in [0.717, 1.165) is 32.6 Å². The fourth-order valence-electron chi connectivity index (χ4n) is 2.79. The summed E-state index contributed by atoms with van der Waals surface area (Å²) in [5.41, 5.74) is 2.86. The molecular weight excluding hydrogens is 332 g/mol. The molecule has 0 unspecified atom stereocenters. The van der Waals surface area contributed by atoms with E-state index >= 15 is 0 Å². The van der Waals surface area contributed by atoms with Gasteiger partial charge < -0.3 is 10.6 Å². The van der Waals surface area contributed by atoms with Gasteiger partial charge >= 0.3 is 0 Å². The van der Waals surface area contributed by atoms with Gasteiger partial charge in [-0.2, -0.15) is 0 Å². The highest BCUT2D eigenvalue weighted by molar-refractivity contribution is 8.00. The third-order valence-electron chi connectivity index (χ3n) is 4.09. The Balaban J connectivity index is 1.63. The molecule has 0 saturated carbocycles. The van der Waals surface area contributed by atoms with Crippen molar-refractivity contribution in [1.82, 2.24) is 10.6 Å². The highest BCUT2D eigenvalue weighted by Crippen LogP contribution is 2.27. The summed E-state index contributed by atoms with van der Waals surface area (Å²) in [6, 6.07) is 17.6. The molecule has 0 fully saturated rings. The highest BCUT2D eigenvalue weighted by atomic mass is 32.2. The van der Waals surface area contributed by atoms with Gasteiger partial charge in [0.25, 0.3) is 0 Å². The summed E-state index contributed by atoms with van der Waals surface area (Å²) in [7, 11) is 0. The topological polar surface area (TPSA) is 24.1 Å². The maximum atomic E-state index is 3.59. The number of hydrogen-bond donors (Lipinski definition) is 2.